The van der Waals surface area contributed by atoms with E-state index >= 15 is 0 Å². The second kappa shape index (κ2) is 10.7. The highest BCUT2D eigenvalue weighted by atomic mass is 16.2. The van der Waals surface area contributed by atoms with Gasteiger partial charge in [-0.25, -0.2) is 0 Å². The average Bonchev–Trinajstić information content (AvgIpc) is 2.82. The molecule has 0 atom stereocenters. The van der Waals surface area contributed by atoms with Crippen LogP contribution in [0.3, 0.4) is 0 Å². The minimum atomic E-state index is -0.848. The number of nitrogens with zero attached hydrogens (tertiary/aromatic N) is 1. The molecular weight excluding hydrogens is 392 g/mol. The normalized spacial score (nSPS) is 10.2. The molecule has 0 bridgehead atoms. The number of benzene rings is 2. The summed E-state index contributed by atoms with van der Waals surface area (Å²) in [5.74, 6) is -1.99. The summed E-state index contributed by atoms with van der Waals surface area (Å²) in [6.45, 7) is 2.62. The zero-order valence-corrected chi connectivity index (χ0v) is 17.2. The van der Waals surface area contributed by atoms with Gasteiger partial charge in [0.25, 0.3) is 5.91 Å². The third kappa shape index (κ3) is 6.24. The minimum Gasteiger partial charge on any atom is -0.348 e. The monoisotopic (exact) mass is 416 g/mol. The summed E-state index contributed by atoms with van der Waals surface area (Å²) < 4.78 is 0. The van der Waals surface area contributed by atoms with Gasteiger partial charge in [-0.15, -0.1) is 0 Å². The molecule has 7 nitrogen and oxygen atoms in total. The average molecular weight is 416 g/mol. The molecule has 31 heavy (non-hydrogen) atoms. The van der Waals surface area contributed by atoms with Crippen molar-refractivity contribution in [1.82, 2.24) is 15.6 Å². The number of para-hydroxylation sites is 1. The standard InChI is InChI=1S/C24H24N4O3/c1-2-17-9-11-18(12-10-17)15-26-22(29)20-7-3-4-8-21(20)28-24(31)23(30)27-16-19-6-5-13-25-14-19/h3-14H,2,15-16H2,1H3,(H,26,29)(H,27,30)(H,28,31). The lowest BCUT2D eigenvalue weighted by molar-refractivity contribution is -0.136. The topological polar surface area (TPSA) is 100 Å². The molecule has 3 amide bonds. The van der Waals surface area contributed by atoms with Crippen molar-refractivity contribution in [2.24, 2.45) is 0 Å². The van der Waals surface area contributed by atoms with Crippen LogP contribution < -0.4 is 16.0 Å². The summed E-state index contributed by atoms with van der Waals surface area (Å²) in [4.78, 5) is 41.0. The zero-order valence-electron chi connectivity index (χ0n) is 17.2. The van der Waals surface area contributed by atoms with Crippen LogP contribution in [0.25, 0.3) is 0 Å². The van der Waals surface area contributed by atoms with Crippen LogP contribution in [0.15, 0.2) is 73.1 Å². The summed E-state index contributed by atoms with van der Waals surface area (Å²) in [5, 5.41) is 7.89. The van der Waals surface area contributed by atoms with Gasteiger partial charge in [0.1, 0.15) is 0 Å². The van der Waals surface area contributed by atoms with Gasteiger partial charge in [-0.3, -0.25) is 19.4 Å². The lowest BCUT2D eigenvalue weighted by atomic mass is 10.1. The molecule has 0 aliphatic heterocycles. The molecule has 3 rings (SSSR count). The molecule has 1 aromatic heterocycles. The summed E-state index contributed by atoms with van der Waals surface area (Å²) >= 11 is 0. The van der Waals surface area contributed by atoms with Gasteiger partial charge in [0.15, 0.2) is 0 Å². The van der Waals surface area contributed by atoms with E-state index in [1.54, 1.807) is 48.8 Å². The highest BCUT2D eigenvalue weighted by molar-refractivity contribution is 6.40. The van der Waals surface area contributed by atoms with Gasteiger partial charge in [-0.05, 0) is 41.3 Å². The molecule has 0 aliphatic rings. The Hall–Kier alpha value is -4.00. The van der Waals surface area contributed by atoms with Crippen molar-refractivity contribution in [1.29, 1.82) is 0 Å². The first-order chi connectivity index (χ1) is 15.1. The summed E-state index contributed by atoms with van der Waals surface area (Å²) in [6.07, 6.45) is 4.18. The predicted octanol–water partition coefficient (Wildman–Crippen LogP) is 2.83. The number of carbonyl (C=O) groups excluding carboxylic acids is 3. The molecule has 0 unspecified atom stereocenters. The highest BCUT2D eigenvalue weighted by Crippen LogP contribution is 2.15. The van der Waals surface area contributed by atoms with E-state index in [0.717, 1.165) is 17.5 Å². The summed E-state index contributed by atoms with van der Waals surface area (Å²) in [7, 11) is 0. The first kappa shape index (κ1) is 21.7. The van der Waals surface area contributed by atoms with Gasteiger partial charge in [-0.2, -0.15) is 0 Å². The highest BCUT2D eigenvalue weighted by Gasteiger charge is 2.17. The first-order valence-electron chi connectivity index (χ1n) is 10.00. The van der Waals surface area contributed by atoms with Crippen molar-refractivity contribution in [3.8, 4) is 0 Å². The van der Waals surface area contributed by atoms with Gasteiger partial charge in [-0.1, -0.05) is 49.4 Å². The molecule has 0 fully saturated rings. The molecule has 0 aliphatic carbocycles. The Balaban J connectivity index is 1.58. The maximum atomic E-state index is 12.7. The molecule has 2 aromatic carbocycles. The Morgan fingerprint density at radius 1 is 0.774 bits per heavy atom. The minimum absolute atomic E-state index is 0.180. The molecule has 1 heterocycles. The Morgan fingerprint density at radius 3 is 2.19 bits per heavy atom. The third-order valence-corrected chi connectivity index (χ3v) is 4.69. The van der Waals surface area contributed by atoms with E-state index in [2.05, 4.69) is 27.9 Å². The molecular formula is C24H24N4O3. The molecule has 0 spiro atoms. The van der Waals surface area contributed by atoms with Crippen molar-refractivity contribution in [2.45, 2.75) is 26.4 Å². The number of carbonyl (C=O) groups is 3. The van der Waals surface area contributed by atoms with Gasteiger partial charge in [0.05, 0.1) is 11.3 Å². The Bertz CT molecular complexity index is 1050. The smallest absolute Gasteiger partial charge is 0.313 e. The van der Waals surface area contributed by atoms with Crippen LogP contribution in [-0.2, 0) is 29.1 Å². The summed E-state index contributed by atoms with van der Waals surface area (Å²) in [6, 6.07) is 18.1. The fourth-order valence-electron chi connectivity index (χ4n) is 2.90. The number of aryl methyl sites for hydroxylation is 1. The number of hydrogen-bond acceptors (Lipinski definition) is 4. The Labute approximate surface area is 180 Å². The lowest BCUT2D eigenvalue weighted by Crippen LogP contribution is -2.35. The summed E-state index contributed by atoms with van der Waals surface area (Å²) in [5.41, 5.74) is 3.52. The van der Waals surface area contributed by atoms with Gasteiger partial charge < -0.3 is 16.0 Å². The number of nitrogens with one attached hydrogen (secondary N) is 3. The maximum Gasteiger partial charge on any atom is 0.313 e. The van der Waals surface area contributed by atoms with Crippen LogP contribution in [0.2, 0.25) is 0 Å². The van der Waals surface area contributed by atoms with E-state index in [-0.39, 0.29) is 23.7 Å². The quantitative estimate of drug-likeness (QED) is 0.516. The van der Waals surface area contributed by atoms with Crippen LogP contribution >= 0.6 is 0 Å². The molecule has 7 heteroatoms. The number of rotatable bonds is 7. The van der Waals surface area contributed by atoms with Crippen molar-refractivity contribution in [2.75, 3.05) is 5.32 Å². The third-order valence-electron chi connectivity index (χ3n) is 4.69. The number of amides is 3. The van der Waals surface area contributed by atoms with Crippen LogP contribution in [0, 0.1) is 0 Å². The van der Waals surface area contributed by atoms with Crippen LogP contribution in [0.5, 0.6) is 0 Å². The van der Waals surface area contributed by atoms with Gasteiger partial charge in [0.2, 0.25) is 0 Å². The lowest BCUT2D eigenvalue weighted by Gasteiger charge is -2.12. The van der Waals surface area contributed by atoms with Crippen LogP contribution in [0.1, 0.15) is 34.0 Å². The van der Waals surface area contributed by atoms with Gasteiger partial charge >= 0.3 is 11.8 Å². The second-order valence-electron chi connectivity index (χ2n) is 6.90. The Kier molecular flexibility index (Phi) is 7.48. The van der Waals surface area contributed by atoms with E-state index in [0.29, 0.717) is 6.54 Å². The number of hydrogen-bond donors (Lipinski definition) is 3. The molecule has 0 saturated heterocycles. The van der Waals surface area contributed by atoms with Gasteiger partial charge in [0, 0.05) is 25.5 Å². The number of pyridine rings is 1. The number of aromatic nitrogens is 1. The fraction of sp³-hybridized carbons (Fsp3) is 0.167. The predicted molar refractivity (Wildman–Crippen MR) is 118 cm³/mol. The largest absolute Gasteiger partial charge is 0.348 e. The van der Waals surface area contributed by atoms with E-state index in [4.69, 9.17) is 0 Å². The molecule has 158 valence electrons. The van der Waals surface area contributed by atoms with Crippen LogP contribution in [-0.4, -0.2) is 22.7 Å². The Morgan fingerprint density at radius 2 is 1.48 bits per heavy atom. The van der Waals surface area contributed by atoms with Crippen molar-refractivity contribution >= 4 is 23.4 Å². The number of anilines is 1. The molecule has 0 saturated carbocycles. The van der Waals surface area contributed by atoms with E-state index in [9.17, 15) is 14.4 Å². The van der Waals surface area contributed by atoms with Crippen molar-refractivity contribution in [3.05, 3.63) is 95.3 Å². The van der Waals surface area contributed by atoms with Crippen LogP contribution in [0.4, 0.5) is 5.69 Å². The first-order valence-corrected chi connectivity index (χ1v) is 10.00. The molecule has 3 N–H and O–H groups in total. The fourth-order valence-corrected chi connectivity index (χ4v) is 2.90. The SMILES string of the molecule is CCc1ccc(CNC(=O)c2ccccc2NC(=O)C(=O)NCc2cccnc2)cc1. The van der Waals surface area contributed by atoms with Crippen molar-refractivity contribution in [3.63, 3.8) is 0 Å². The van der Waals surface area contributed by atoms with Crippen molar-refractivity contribution < 1.29 is 14.4 Å². The molecule has 3 aromatic rings. The van der Waals surface area contributed by atoms with E-state index in [1.165, 1.54) is 5.56 Å². The van der Waals surface area contributed by atoms with E-state index < -0.39 is 11.8 Å². The second-order valence-corrected chi connectivity index (χ2v) is 6.90. The molecule has 0 radical (unpaired) electrons. The maximum absolute atomic E-state index is 12.7. The zero-order chi connectivity index (χ0) is 22.1. The van der Waals surface area contributed by atoms with E-state index in [1.807, 2.05) is 24.3 Å².